The number of Topliss-reactive ketones (excluding diaryl/α,β-unsaturated/α-hetero) is 1. The maximum absolute atomic E-state index is 12.4. The Hall–Kier alpha value is -1.74. The van der Waals surface area contributed by atoms with Crippen LogP contribution in [0.3, 0.4) is 0 Å². The topological polar surface area (TPSA) is 39.2 Å². The minimum atomic E-state index is 0.0493. The number of carbonyl (C=O) groups excluding carboxylic acids is 1. The number of nitrogens with zero attached hydrogens (tertiary/aromatic N) is 1. The van der Waals surface area contributed by atoms with Crippen molar-refractivity contribution >= 4 is 16.7 Å². The lowest BCUT2D eigenvalue weighted by Gasteiger charge is -2.15. The maximum atomic E-state index is 12.4. The van der Waals surface area contributed by atoms with Gasteiger partial charge in [-0.25, -0.2) is 0 Å². The van der Waals surface area contributed by atoms with E-state index in [-0.39, 0.29) is 17.8 Å². The van der Waals surface area contributed by atoms with Crippen LogP contribution in [0.4, 0.5) is 0 Å². The number of ether oxygens (including phenoxy) is 1. The Kier molecular flexibility index (Phi) is 3.79. The molecule has 2 aromatic rings. The highest BCUT2D eigenvalue weighted by Crippen LogP contribution is 2.25. The summed E-state index contributed by atoms with van der Waals surface area (Å²) in [6.07, 6.45) is 2.27. The molecule has 3 rings (SSSR count). The summed E-state index contributed by atoms with van der Waals surface area (Å²) in [7, 11) is 0. The molecule has 104 valence electrons. The highest BCUT2D eigenvalue weighted by atomic mass is 16.5. The van der Waals surface area contributed by atoms with Crippen molar-refractivity contribution in [1.29, 1.82) is 0 Å². The first kappa shape index (κ1) is 13.3. The molecule has 20 heavy (non-hydrogen) atoms. The molecule has 3 nitrogen and oxygen atoms in total. The van der Waals surface area contributed by atoms with Crippen LogP contribution in [0.1, 0.15) is 25.5 Å². The van der Waals surface area contributed by atoms with Gasteiger partial charge in [0.2, 0.25) is 0 Å². The van der Waals surface area contributed by atoms with Gasteiger partial charge in [-0.05, 0) is 25.0 Å². The number of hydrogen-bond donors (Lipinski definition) is 0. The van der Waals surface area contributed by atoms with Gasteiger partial charge in [0, 0.05) is 30.0 Å². The fraction of sp³-hybridized carbons (Fsp3) is 0.412. The molecule has 1 aliphatic rings. The SMILES string of the molecule is CCC1OCCC1C(=O)Cc1ccc2ccccc2n1. The average molecular weight is 269 g/mol. The van der Waals surface area contributed by atoms with Crippen LogP contribution in [-0.4, -0.2) is 23.5 Å². The lowest BCUT2D eigenvalue weighted by atomic mass is 9.92. The van der Waals surface area contributed by atoms with Crippen LogP contribution < -0.4 is 0 Å². The fourth-order valence-corrected chi connectivity index (χ4v) is 2.94. The highest BCUT2D eigenvalue weighted by Gasteiger charge is 2.32. The van der Waals surface area contributed by atoms with Crippen molar-refractivity contribution in [1.82, 2.24) is 4.98 Å². The van der Waals surface area contributed by atoms with Gasteiger partial charge in [-0.15, -0.1) is 0 Å². The van der Waals surface area contributed by atoms with Gasteiger partial charge in [0.05, 0.1) is 11.6 Å². The van der Waals surface area contributed by atoms with Crippen molar-refractivity contribution in [2.45, 2.75) is 32.3 Å². The van der Waals surface area contributed by atoms with Crippen LogP contribution >= 0.6 is 0 Å². The summed E-state index contributed by atoms with van der Waals surface area (Å²) in [5.74, 6) is 0.311. The van der Waals surface area contributed by atoms with E-state index in [1.807, 2.05) is 36.4 Å². The summed E-state index contributed by atoms with van der Waals surface area (Å²) in [5, 5.41) is 1.11. The summed E-state index contributed by atoms with van der Waals surface area (Å²) >= 11 is 0. The maximum Gasteiger partial charge on any atom is 0.144 e. The van der Waals surface area contributed by atoms with Crippen LogP contribution in [0, 0.1) is 5.92 Å². The largest absolute Gasteiger partial charge is 0.377 e. The van der Waals surface area contributed by atoms with Crippen molar-refractivity contribution in [3.8, 4) is 0 Å². The third kappa shape index (κ3) is 2.59. The predicted molar refractivity (Wildman–Crippen MR) is 78.6 cm³/mol. The summed E-state index contributed by atoms with van der Waals surface area (Å²) in [5.41, 5.74) is 1.81. The number of aromatic nitrogens is 1. The van der Waals surface area contributed by atoms with Crippen LogP contribution in [-0.2, 0) is 16.0 Å². The molecule has 1 fully saturated rings. The number of rotatable bonds is 4. The van der Waals surface area contributed by atoms with Gasteiger partial charge < -0.3 is 4.74 Å². The number of ketones is 1. The monoisotopic (exact) mass is 269 g/mol. The van der Waals surface area contributed by atoms with Gasteiger partial charge in [-0.1, -0.05) is 31.2 Å². The van der Waals surface area contributed by atoms with E-state index in [0.717, 1.165) is 29.4 Å². The average Bonchev–Trinajstić information content (AvgIpc) is 2.95. The van der Waals surface area contributed by atoms with E-state index < -0.39 is 0 Å². The van der Waals surface area contributed by atoms with Gasteiger partial charge in [-0.2, -0.15) is 0 Å². The Balaban J connectivity index is 1.77. The Morgan fingerprint density at radius 2 is 2.15 bits per heavy atom. The minimum absolute atomic E-state index is 0.0493. The Bertz CT molecular complexity index is 623. The zero-order valence-electron chi connectivity index (χ0n) is 11.7. The molecule has 2 unspecified atom stereocenters. The van der Waals surface area contributed by atoms with Gasteiger partial charge >= 0.3 is 0 Å². The van der Waals surface area contributed by atoms with Crippen molar-refractivity contribution in [2.24, 2.45) is 5.92 Å². The molecule has 0 bridgehead atoms. The quantitative estimate of drug-likeness (QED) is 0.856. The van der Waals surface area contributed by atoms with Crippen LogP contribution in [0.2, 0.25) is 0 Å². The van der Waals surface area contributed by atoms with Gasteiger partial charge in [0.1, 0.15) is 5.78 Å². The van der Waals surface area contributed by atoms with Crippen molar-refractivity contribution in [3.63, 3.8) is 0 Å². The van der Waals surface area contributed by atoms with Gasteiger partial charge in [0.25, 0.3) is 0 Å². The summed E-state index contributed by atoms with van der Waals surface area (Å²) in [4.78, 5) is 17.0. The highest BCUT2D eigenvalue weighted by molar-refractivity contribution is 5.85. The molecule has 1 aromatic carbocycles. The molecule has 0 saturated carbocycles. The molecule has 0 aliphatic carbocycles. The Morgan fingerprint density at radius 3 is 3.00 bits per heavy atom. The standard InChI is InChI=1S/C17H19NO2/c1-2-17-14(9-10-20-17)16(19)11-13-8-7-12-5-3-4-6-15(12)18-13/h3-8,14,17H,2,9-11H2,1H3. The zero-order valence-corrected chi connectivity index (χ0v) is 11.7. The van der Waals surface area contributed by atoms with Gasteiger partial charge in [0.15, 0.2) is 0 Å². The van der Waals surface area contributed by atoms with E-state index >= 15 is 0 Å². The molecular weight excluding hydrogens is 250 g/mol. The Morgan fingerprint density at radius 1 is 1.30 bits per heavy atom. The lowest BCUT2D eigenvalue weighted by Crippen LogP contribution is -2.25. The lowest BCUT2D eigenvalue weighted by molar-refractivity contribution is -0.123. The minimum Gasteiger partial charge on any atom is -0.377 e. The molecule has 2 heterocycles. The molecule has 2 atom stereocenters. The van der Waals surface area contributed by atoms with Crippen LogP contribution in [0.15, 0.2) is 36.4 Å². The van der Waals surface area contributed by atoms with Crippen molar-refractivity contribution in [3.05, 3.63) is 42.1 Å². The van der Waals surface area contributed by atoms with Crippen LogP contribution in [0.5, 0.6) is 0 Å². The molecule has 1 aromatic heterocycles. The number of pyridine rings is 1. The summed E-state index contributed by atoms with van der Waals surface area (Å²) in [6.45, 7) is 2.78. The Labute approximate surface area is 119 Å². The van der Waals surface area contributed by atoms with E-state index in [4.69, 9.17) is 4.74 Å². The predicted octanol–water partition coefficient (Wildman–Crippen LogP) is 3.16. The fourth-order valence-electron chi connectivity index (χ4n) is 2.94. The van der Waals surface area contributed by atoms with E-state index in [9.17, 15) is 4.79 Å². The normalized spacial score (nSPS) is 22.2. The smallest absolute Gasteiger partial charge is 0.144 e. The molecule has 0 radical (unpaired) electrons. The number of benzene rings is 1. The second-order valence-electron chi connectivity index (χ2n) is 5.35. The van der Waals surface area contributed by atoms with E-state index in [0.29, 0.717) is 13.0 Å². The third-order valence-electron chi connectivity index (χ3n) is 4.04. The first-order valence-electron chi connectivity index (χ1n) is 7.27. The van der Waals surface area contributed by atoms with E-state index in [1.165, 1.54) is 0 Å². The number of para-hydroxylation sites is 1. The molecule has 0 spiro atoms. The third-order valence-corrected chi connectivity index (χ3v) is 4.04. The second kappa shape index (κ2) is 5.71. The molecule has 1 saturated heterocycles. The molecule has 0 amide bonds. The van der Waals surface area contributed by atoms with Crippen LogP contribution in [0.25, 0.3) is 10.9 Å². The number of hydrogen-bond acceptors (Lipinski definition) is 3. The molecule has 1 aliphatic heterocycles. The first-order valence-corrected chi connectivity index (χ1v) is 7.27. The number of fused-ring (bicyclic) bond motifs is 1. The first-order chi connectivity index (χ1) is 9.78. The van der Waals surface area contributed by atoms with Crippen molar-refractivity contribution < 1.29 is 9.53 Å². The van der Waals surface area contributed by atoms with Crippen molar-refractivity contribution in [2.75, 3.05) is 6.61 Å². The van der Waals surface area contributed by atoms with E-state index in [1.54, 1.807) is 0 Å². The molecule has 3 heteroatoms. The summed E-state index contributed by atoms with van der Waals surface area (Å²) in [6, 6.07) is 12.0. The molecule has 0 N–H and O–H groups in total. The zero-order chi connectivity index (χ0) is 13.9. The number of carbonyl (C=O) groups is 1. The van der Waals surface area contributed by atoms with E-state index in [2.05, 4.69) is 11.9 Å². The summed E-state index contributed by atoms with van der Waals surface area (Å²) < 4.78 is 5.60. The van der Waals surface area contributed by atoms with Gasteiger partial charge in [-0.3, -0.25) is 9.78 Å². The molecular formula is C17H19NO2. The second-order valence-corrected chi connectivity index (χ2v) is 5.35.